The van der Waals surface area contributed by atoms with Crippen LogP contribution in [-0.4, -0.2) is 33.4 Å². The van der Waals surface area contributed by atoms with Crippen LogP contribution in [0.2, 0.25) is 0 Å². The number of ether oxygens (including phenoxy) is 1. The Morgan fingerprint density at radius 3 is 2.63 bits per heavy atom. The van der Waals surface area contributed by atoms with Crippen LogP contribution in [0.5, 0.6) is 0 Å². The molecule has 27 heavy (non-hydrogen) atoms. The molecule has 0 saturated carbocycles. The van der Waals surface area contributed by atoms with Gasteiger partial charge in [-0.15, -0.1) is 0 Å². The molecule has 1 aliphatic heterocycles. The first-order valence-electron chi connectivity index (χ1n) is 8.46. The van der Waals surface area contributed by atoms with Crippen LogP contribution in [0.3, 0.4) is 0 Å². The lowest BCUT2D eigenvalue weighted by atomic mass is 10.0. The molecule has 8 heteroatoms. The number of fused-ring (bicyclic) bond motifs is 1. The zero-order valence-corrected chi connectivity index (χ0v) is 15.6. The van der Waals surface area contributed by atoms with E-state index in [0.29, 0.717) is 18.5 Å². The number of aryl methyl sites for hydroxylation is 1. The number of rotatable bonds is 6. The van der Waals surface area contributed by atoms with Gasteiger partial charge in [0.15, 0.2) is 0 Å². The maximum Gasteiger partial charge on any atom is 0.324 e. The van der Waals surface area contributed by atoms with Crippen molar-refractivity contribution in [1.29, 1.82) is 0 Å². The van der Waals surface area contributed by atoms with Crippen LogP contribution in [-0.2, 0) is 37.2 Å². The number of nitrogens with one attached hydrogen (secondary N) is 2. The van der Waals surface area contributed by atoms with Gasteiger partial charge in [-0.2, -0.15) is 4.72 Å². The molecule has 142 valence electrons. The van der Waals surface area contributed by atoms with Gasteiger partial charge in [0, 0.05) is 12.1 Å². The maximum absolute atomic E-state index is 12.8. The minimum absolute atomic E-state index is 0.0411. The lowest BCUT2D eigenvalue weighted by Crippen LogP contribution is -2.43. The van der Waals surface area contributed by atoms with Crippen LogP contribution in [0, 0.1) is 0 Å². The zero-order chi connectivity index (χ0) is 19.4. The van der Waals surface area contributed by atoms with E-state index in [0.717, 1.165) is 11.1 Å². The van der Waals surface area contributed by atoms with E-state index < -0.39 is 22.0 Å². The quantitative estimate of drug-likeness (QED) is 0.733. The molecule has 0 fully saturated rings. The smallest absolute Gasteiger partial charge is 0.324 e. The maximum atomic E-state index is 12.8. The summed E-state index contributed by atoms with van der Waals surface area (Å²) >= 11 is 0. The van der Waals surface area contributed by atoms with Crippen molar-refractivity contribution < 1.29 is 22.7 Å². The molecule has 2 aromatic carbocycles. The van der Waals surface area contributed by atoms with Crippen LogP contribution >= 0.6 is 0 Å². The molecule has 2 N–H and O–H groups in total. The first kappa shape index (κ1) is 19.1. The molecule has 0 bridgehead atoms. The first-order chi connectivity index (χ1) is 12.9. The van der Waals surface area contributed by atoms with Gasteiger partial charge >= 0.3 is 5.97 Å². The van der Waals surface area contributed by atoms with Crippen molar-refractivity contribution in [3.63, 3.8) is 0 Å². The van der Waals surface area contributed by atoms with E-state index in [4.69, 9.17) is 4.74 Å². The minimum atomic E-state index is -3.95. The van der Waals surface area contributed by atoms with Crippen molar-refractivity contribution in [3.05, 3.63) is 59.7 Å². The number of carbonyl (C=O) groups excluding carboxylic acids is 2. The van der Waals surface area contributed by atoms with Crippen molar-refractivity contribution in [1.82, 2.24) is 4.72 Å². The molecule has 0 unspecified atom stereocenters. The van der Waals surface area contributed by atoms with Crippen LogP contribution in [0.4, 0.5) is 5.69 Å². The fourth-order valence-corrected chi connectivity index (χ4v) is 4.18. The van der Waals surface area contributed by atoms with E-state index in [1.54, 1.807) is 6.07 Å². The monoisotopic (exact) mass is 388 g/mol. The summed E-state index contributed by atoms with van der Waals surface area (Å²) in [5, 5.41) is 2.71. The van der Waals surface area contributed by atoms with Crippen molar-refractivity contribution in [2.75, 3.05) is 12.4 Å². The molecule has 1 aliphatic rings. The van der Waals surface area contributed by atoms with Gasteiger partial charge in [0.1, 0.15) is 6.04 Å². The van der Waals surface area contributed by atoms with Gasteiger partial charge in [0.2, 0.25) is 15.9 Å². The molecule has 1 heterocycles. The second-order valence-corrected chi connectivity index (χ2v) is 7.97. The summed E-state index contributed by atoms with van der Waals surface area (Å²) in [6.45, 7) is 0. The number of hydrogen-bond acceptors (Lipinski definition) is 5. The Balaban J connectivity index is 1.84. The lowest BCUT2D eigenvalue weighted by molar-refractivity contribution is -0.142. The Bertz CT molecular complexity index is 957. The number of sulfonamides is 1. The summed E-state index contributed by atoms with van der Waals surface area (Å²) in [5.74, 6) is -0.752. The molecule has 0 aliphatic carbocycles. The average Bonchev–Trinajstić information content (AvgIpc) is 2.67. The summed E-state index contributed by atoms with van der Waals surface area (Å²) in [6.07, 6.45) is 0.950. The predicted octanol–water partition coefficient (Wildman–Crippen LogP) is 1.63. The molecule has 7 nitrogen and oxygen atoms in total. The Hall–Kier alpha value is -2.71. The number of esters is 1. The first-order valence-corrected chi connectivity index (χ1v) is 9.94. The van der Waals surface area contributed by atoms with E-state index in [-0.39, 0.29) is 17.2 Å². The molecule has 3 rings (SSSR count). The Morgan fingerprint density at radius 2 is 1.93 bits per heavy atom. The van der Waals surface area contributed by atoms with Crippen LogP contribution in [0.25, 0.3) is 0 Å². The van der Waals surface area contributed by atoms with Crippen molar-refractivity contribution in [2.24, 2.45) is 0 Å². The standard InChI is InChI=1S/C19H20N2O5S/c1-26-19(23)17(11-13-5-3-2-4-6-13)21-27(24,25)15-8-9-16-14(12-15)7-10-18(22)20-16/h2-6,8-9,12,17,21H,7,10-11H2,1H3,(H,20,22)/t17-/m1/s1. The molecular weight excluding hydrogens is 368 g/mol. The summed E-state index contributed by atoms with van der Waals surface area (Å²) in [6, 6.07) is 12.5. The average molecular weight is 388 g/mol. The predicted molar refractivity (Wildman–Crippen MR) is 99.7 cm³/mol. The van der Waals surface area contributed by atoms with Crippen molar-refractivity contribution in [3.8, 4) is 0 Å². The van der Waals surface area contributed by atoms with Gasteiger partial charge in [-0.05, 0) is 42.2 Å². The number of amides is 1. The Morgan fingerprint density at radius 1 is 1.19 bits per heavy atom. The number of carbonyl (C=O) groups is 2. The number of anilines is 1. The minimum Gasteiger partial charge on any atom is -0.468 e. The van der Waals surface area contributed by atoms with E-state index in [1.165, 1.54) is 19.2 Å². The third kappa shape index (κ3) is 4.53. The normalized spacial score (nSPS) is 14.8. The van der Waals surface area contributed by atoms with Crippen molar-refractivity contribution in [2.45, 2.75) is 30.2 Å². The second-order valence-electron chi connectivity index (χ2n) is 6.25. The Kier molecular flexibility index (Phi) is 5.57. The van der Waals surface area contributed by atoms with E-state index in [9.17, 15) is 18.0 Å². The summed E-state index contributed by atoms with van der Waals surface area (Å²) in [7, 11) is -2.73. The molecule has 0 spiro atoms. The topological polar surface area (TPSA) is 102 Å². The fraction of sp³-hybridized carbons (Fsp3) is 0.263. The van der Waals surface area contributed by atoms with Gasteiger partial charge in [-0.25, -0.2) is 8.42 Å². The highest BCUT2D eigenvalue weighted by atomic mass is 32.2. The summed E-state index contributed by atoms with van der Waals surface area (Å²) in [5.41, 5.74) is 2.16. The summed E-state index contributed by atoms with van der Waals surface area (Å²) in [4.78, 5) is 23.6. The van der Waals surface area contributed by atoms with Gasteiger partial charge < -0.3 is 10.1 Å². The molecule has 0 radical (unpaired) electrons. The largest absolute Gasteiger partial charge is 0.468 e. The third-order valence-corrected chi connectivity index (χ3v) is 5.82. The van der Waals surface area contributed by atoms with Crippen LogP contribution in [0.1, 0.15) is 17.5 Å². The highest BCUT2D eigenvalue weighted by molar-refractivity contribution is 7.89. The fourth-order valence-electron chi connectivity index (χ4n) is 2.95. The van der Waals surface area contributed by atoms with Gasteiger partial charge in [-0.1, -0.05) is 30.3 Å². The second kappa shape index (κ2) is 7.89. The van der Waals surface area contributed by atoms with Gasteiger partial charge in [-0.3, -0.25) is 9.59 Å². The highest BCUT2D eigenvalue weighted by Gasteiger charge is 2.27. The van der Waals surface area contributed by atoms with Gasteiger partial charge in [0.05, 0.1) is 12.0 Å². The molecule has 2 aromatic rings. The zero-order valence-electron chi connectivity index (χ0n) is 14.8. The number of hydrogen-bond donors (Lipinski definition) is 2. The SMILES string of the molecule is COC(=O)[C@@H](Cc1ccccc1)NS(=O)(=O)c1ccc2c(c1)CCC(=O)N2. The Labute approximate surface area is 157 Å². The molecule has 1 amide bonds. The molecule has 1 atom stereocenters. The number of methoxy groups -OCH3 is 1. The van der Waals surface area contributed by atoms with Crippen molar-refractivity contribution >= 4 is 27.6 Å². The van der Waals surface area contributed by atoms with Crippen LogP contribution in [0.15, 0.2) is 53.4 Å². The summed E-state index contributed by atoms with van der Waals surface area (Å²) < 4.78 is 32.8. The van der Waals surface area contributed by atoms with E-state index >= 15 is 0 Å². The van der Waals surface area contributed by atoms with Crippen LogP contribution < -0.4 is 10.0 Å². The molecule has 0 saturated heterocycles. The third-order valence-electron chi connectivity index (χ3n) is 4.35. The van der Waals surface area contributed by atoms with E-state index in [2.05, 4.69) is 10.0 Å². The van der Waals surface area contributed by atoms with Gasteiger partial charge in [0.25, 0.3) is 0 Å². The highest BCUT2D eigenvalue weighted by Crippen LogP contribution is 2.25. The number of benzene rings is 2. The lowest BCUT2D eigenvalue weighted by Gasteiger charge is -2.19. The molecule has 0 aromatic heterocycles. The molecular formula is C19H20N2O5S. The van der Waals surface area contributed by atoms with E-state index in [1.807, 2.05) is 30.3 Å².